The first-order chi connectivity index (χ1) is 14.1. The van der Waals surface area contributed by atoms with E-state index in [4.69, 9.17) is 4.74 Å². The van der Waals surface area contributed by atoms with Crippen molar-refractivity contribution < 1.29 is 13.9 Å². The molecule has 1 aromatic carbocycles. The number of nitrogens with one attached hydrogen (secondary N) is 1. The number of hydrogen-bond donors (Lipinski definition) is 1. The fraction of sp³-hybridized carbons (Fsp3) is 0.619. The van der Waals surface area contributed by atoms with Crippen molar-refractivity contribution in [2.45, 2.75) is 26.4 Å². The molecule has 3 heterocycles. The Morgan fingerprint density at radius 2 is 1.87 bits per heavy atom. The maximum atomic E-state index is 14.6. The van der Waals surface area contributed by atoms with Crippen LogP contribution in [0.2, 0.25) is 0 Å². The lowest BCUT2D eigenvalue weighted by atomic mass is 9.97. The van der Waals surface area contributed by atoms with E-state index in [1.165, 1.54) is 10.6 Å². The molecule has 2 fully saturated rings. The van der Waals surface area contributed by atoms with E-state index < -0.39 is 5.60 Å². The largest absolute Gasteiger partial charge is 0.444 e. The minimum Gasteiger partial charge on any atom is -0.444 e. The second-order valence-electron chi connectivity index (χ2n) is 9.32. The number of ether oxygens (including phenoxy) is 1. The van der Waals surface area contributed by atoms with Gasteiger partial charge in [-0.25, -0.2) is 14.0 Å². The summed E-state index contributed by atoms with van der Waals surface area (Å²) in [5.74, 6) is 0.130. The third kappa shape index (κ3) is 4.03. The van der Waals surface area contributed by atoms with Crippen LogP contribution in [0.3, 0.4) is 0 Å². The van der Waals surface area contributed by atoms with Crippen molar-refractivity contribution >= 4 is 22.8 Å². The zero-order valence-electron chi connectivity index (χ0n) is 18.1. The number of hydrogen-bond acceptors (Lipinski definition) is 5. The van der Waals surface area contributed by atoms with Crippen LogP contribution in [0, 0.1) is 11.7 Å². The lowest BCUT2D eigenvalue weighted by Gasteiger charge is -2.45. The number of halogens is 1. The van der Waals surface area contributed by atoms with Gasteiger partial charge in [0, 0.05) is 58.8 Å². The number of H-pyrrole nitrogens is 1. The molecule has 2 saturated heterocycles. The molecule has 0 radical (unpaired) electrons. The van der Waals surface area contributed by atoms with Gasteiger partial charge in [-0.3, -0.25) is 9.47 Å². The van der Waals surface area contributed by atoms with E-state index in [0.717, 1.165) is 32.7 Å². The molecule has 0 bridgehead atoms. The SMILES string of the molecule is Cn1c(=O)[nH]c2ccc(F)c(N3CC(CN4CCN(C(=O)OC(C)(C)C)CC4)C3)c21. The van der Waals surface area contributed by atoms with Gasteiger partial charge in [-0.05, 0) is 32.9 Å². The number of aromatic nitrogens is 2. The first-order valence-corrected chi connectivity index (χ1v) is 10.4. The fourth-order valence-electron chi connectivity index (χ4n) is 4.27. The van der Waals surface area contributed by atoms with Gasteiger partial charge in [0.15, 0.2) is 0 Å². The van der Waals surface area contributed by atoms with Crippen molar-refractivity contribution in [3.63, 3.8) is 0 Å². The van der Waals surface area contributed by atoms with Gasteiger partial charge in [-0.1, -0.05) is 0 Å². The Balaban J connectivity index is 1.32. The Morgan fingerprint density at radius 1 is 1.20 bits per heavy atom. The van der Waals surface area contributed by atoms with Crippen LogP contribution in [-0.2, 0) is 11.8 Å². The summed E-state index contributed by atoms with van der Waals surface area (Å²) in [4.78, 5) is 33.0. The Labute approximate surface area is 175 Å². The van der Waals surface area contributed by atoms with E-state index in [2.05, 4.69) is 9.88 Å². The summed E-state index contributed by atoms with van der Waals surface area (Å²) in [5.41, 5.74) is 1.05. The summed E-state index contributed by atoms with van der Waals surface area (Å²) in [6.45, 7) is 11.0. The van der Waals surface area contributed by atoms with Crippen molar-refractivity contribution in [3.05, 3.63) is 28.4 Å². The van der Waals surface area contributed by atoms with Crippen LogP contribution in [0.5, 0.6) is 0 Å². The number of piperazine rings is 1. The highest BCUT2D eigenvalue weighted by Gasteiger charge is 2.33. The molecule has 0 aliphatic carbocycles. The number of carbonyl (C=O) groups is 1. The Bertz CT molecular complexity index is 994. The maximum absolute atomic E-state index is 14.6. The number of carbonyl (C=O) groups excluding carboxylic acids is 1. The molecule has 8 nitrogen and oxygen atoms in total. The summed E-state index contributed by atoms with van der Waals surface area (Å²) in [6, 6.07) is 3.02. The minimum absolute atomic E-state index is 0.239. The Hall–Kier alpha value is -2.55. The van der Waals surface area contributed by atoms with Gasteiger partial charge in [-0.2, -0.15) is 0 Å². The van der Waals surface area contributed by atoms with E-state index in [9.17, 15) is 14.0 Å². The zero-order chi connectivity index (χ0) is 21.6. The fourth-order valence-corrected chi connectivity index (χ4v) is 4.27. The Kier molecular flexibility index (Phi) is 5.25. The standard InChI is InChI=1S/C21H30FN5O3/c1-21(2,3)30-20(29)26-9-7-25(8-10-26)11-14-12-27(13-14)17-15(22)5-6-16-18(17)24(4)19(28)23-16/h5-6,14H,7-13H2,1-4H3,(H,23,28). The van der Waals surface area contributed by atoms with Crippen LogP contribution in [0.4, 0.5) is 14.9 Å². The first-order valence-electron chi connectivity index (χ1n) is 10.4. The van der Waals surface area contributed by atoms with Gasteiger partial charge in [-0.15, -0.1) is 0 Å². The highest BCUT2D eigenvalue weighted by atomic mass is 19.1. The number of anilines is 1. The third-order valence-corrected chi connectivity index (χ3v) is 5.80. The predicted molar refractivity (Wildman–Crippen MR) is 113 cm³/mol. The van der Waals surface area contributed by atoms with Gasteiger partial charge in [0.25, 0.3) is 0 Å². The summed E-state index contributed by atoms with van der Waals surface area (Å²) in [7, 11) is 1.66. The number of fused-ring (bicyclic) bond motifs is 1. The highest BCUT2D eigenvalue weighted by Crippen LogP contribution is 2.33. The van der Waals surface area contributed by atoms with Crippen molar-refractivity contribution in [1.29, 1.82) is 0 Å². The minimum atomic E-state index is -0.481. The van der Waals surface area contributed by atoms with Gasteiger partial charge < -0.3 is 19.5 Å². The first kappa shape index (κ1) is 20.7. The molecule has 1 amide bonds. The predicted octanol–water partition coefficient (Wildman–Crippen LogP) is 1.99. The highest BCUT2D eigenvalue weighted by molar-refractivity contribution is 5.90. The second-order valence-corrected chi connectivity index (χ2v) is 9.32. The summed E-state index contributed by atoms with van der Waals surface area (Å²) in [5, 5.41) is 0. The number of aromatic amines is 1. The molecule has 2 aliphatic heterocycles. The number of benzene rings is 1. The monoisotopic (exact) mass is 419 g/mol. The molecule has 0 saturated carbocycles. The van der Waals surface area contributed by atoms with E-state index >= 15 is 0 Å². The van der Waals surface area contributed by atoms with Crippen LogP contribution >= 0.6 is 0 Å². The molecular weight excluding hydrogens is 389 g/mol. The lowest BCUT2D eigenvalue weighted by molar-refractivity contribution is 0.0130. The van der Waals surface area contributed by atoms with Gasteiger partial charge in [0.05, 0.1) is 16.7 Å². The van der Waals surface area contributed by atoms with Crippen molar-refractivity contribution in [2.75, 3.05) is 50.7 Å². The zero-order valence-corrected chi connectivity index (χ0v) is 18.1. The molecule has 2 aromatic rings. The molecule has 1 N–H and O–H groups in total. The smallest absolute Gasteiger partial charge is 0.410 e. The van der Waals surface area contributed by atoms with Gasteiger partial charge in [0.1, 0.15) is 11.4 Å². The van der Waals surface area contributed by atoms with E-state index in [0.29, 0.717) is 35.7 Å². The summed E-state index contributed by atoms with van der Waals surface area (Å²) >= 11 is 0. The van der Waals surface area contributed by atoms with Crippen LogP contribution in [0.25, 0.3) is 11.0 Å². The Morgan fingerprint density at radius 3 is 2.50 bits per heavy atom. The molecular formula is C21H30FN5O3. The number of nitrogens with zero attached hydrogens (tertiary/aromatic N) is 4. The molecule has 0 spiro atoms. The molecule has 2 aliphatic rings. The van der Waals surface area contributed by atoms with Crippen LogP contribution in [0.1, 0.15) is 20.8 Å². The summed E-state index contributed by atoms with van der Waals surface area (Å²) in [6.07, 6.45) is -0.252. The topological polar surface area (TPSA) is 73.8 Å². The quantitative estimate of drug-likeness (QED) is 0.824. The van der Waals surface area contributed by atoms with Crippen molar-refractivity contribution in [3.8, 4) is 0 Å². The van der Waals surface area contributed by atoms with E-state index in [1.807, 2.05) is 25.7 Å². The van der Waals surface area contributed by atoms with Crippen LogP contribution in [0.15, 0.2) is 16.9 Å². The maximum Gasteiger partial charge on any atom is 0.410 e. The molecule has 0 atom stereocenters. The molecule has 0 unspecified atom stereocenters. The van der Waals surface area contributed by atoms with Crippen LogP contribution in [-0.4, -0.2) is 76.9 Å². The molecule has 1 aromatic heterocycles. The normalized spacial score (nSPS) is 18.7. The van der Waals surface area contributed by atoms with Gasteiger partial charge >= 0.3 is 11.8 Å². The molecule has 9 heteroatoms. The third-order valence-electron chi connectivity index (χ3n) is 5.80. The van der Waals surface area contributed by atoms with Crippen molar-refractivity contribution in [2.24, 2.45) is 13.0 Å². The number of amides is 1. The van der Waals surface area contributed by atoms with E-state index in [1.54, 1.807) is 18.0 Å². The van der Waals surface area contributed by atoms with Crippen molar-refractivity contribution in [1.82, 2.24) is 19.4 Å². The molecule has 164 valence electrons. The van der Waals surface area contributed by atoms with E-state index in [-0.39, 0.29) is 17.6 Å². The average molecular weight is 420 g/mol. The molecule has 30 heavy (non-hydrogen) atoms. The summed E-state index contributed by atoms with van der Waals surface area (Å²) < 4.78 is 21.5. The average Bonchev–Trinajstić information content (AvgIpc) is 2.92. The second kappa shape index (κ2) is 7.61. The van der Waals surface area contributed by atoms with Crippen LogP contribution < -0.4 is 10.6 Å². The lowest BCUT2D eigenvalue weighted by Crippen LogP contribution is -2.56. The van der Waals surface area contributed by atoms with Gasteiger partial charge in [0.2, 0.25) is 0 Å². The number of imidazole rings is 1. The number of rotatable bonds is 3. The molecule has 4 rings (SSSR count). The number of aryl methyl sites for hydroxylation is 1.